The second-order valence-corrected chi connectivity index (χ2v) is 10.3. The number of alkyl halides is 4. The minimum Gasteiger partial charge on any atom is -0.331 e. The van der Waals surface area contributed by atoms with E-state index in [0.717, 1.165) is 12.0 Å². The first-order valence-electron chi connectivity index (χ1n) is 12.8. The molecule has 0 radical (unpaired) electrons. The molecule has 1 aliphatic rings. The number of nitrogens with zero attached hydrogens (tertiary/aromatic N) is 5. The zero-order valence-corrected chi connectivity index (χ0v) is 22.4. The molecule has 206 valence electrons. The lowest BCUT2D eigenvalue weighted by Crippen LogP contribution is -2.27. The summed E-state index contributed by atoms with van der Waals surface area (Å²) in [6, 6.07) is 7.77. The molecule has 12 heteroatoms. The first-order chi connectivity index (χ1) is 19.1. The van der Waals surface area contributed by atoms with E-state index in [1.807, 2.05) is 31.2 Å². The van der Waals surface area contributed by atoms with Gasteiger partial charge in [-0.1, -0.05) is 43.4 Å². The minimum absolute atomic E-state index is 0.0519. The Hall–Kier alpha value is -4.06. The van der Waals surface area contributed by atoms with Crippen molar-refractivity contribution in [3.8, 4) is 11.1 Å². The van der Waals surface area contributed by atoms with E-state index in [0.29, 0.717) is 34.0 Å². The summed E-state index contributed by atoms with van der Waals surface area (Å²) < 4.78 is 60.7. The SMILES string of the molecule is CCc1ccc(-c2cc(C(F)(F)F)c3cn(C(C(=S)Nc4ncc[nH]4)c4ncn5c4C[C@@H](F)C5)nc3c2C)cc1. The number of halogens is 4. The molecule has 0 aliphatic carbocycles. The maximum atomic E-state index is 14.4. The second kappa shape index (κ2) is 9.84. The van der Waals surface area contributed by atoms with Crippen LogP contribution in [0.2, 0.25) is 0 Å². The van der Waals surface area contributed by atoms with Crippen molar-refractivity contribution in [1.82, 2.24) is 29.3 Å². The summed E-state index contributed by atoms with van der Waals surface area (Å²) in [4.78, 5) is 11.7. The Labute approximate surface area is 232 Å². The molecule has 7 nitrogen and oxygen atoms in total. The molecule has 2 atom stereocenters. The highest BCUT2D eigenvalue weighted by Crippen LogP contribution is 2.41. The van der Waals surface area contributed by atoms with Crippen LogP contribution in [0.1, 0.15) is 41.0 Å². The van der Waals surface area contributed by atoms with E-state index in [1.54, 1.807) is 17.7 Å². The molecule has 0 spiro atoms. The summed E-state index contributed by atoms with van der Waals surface area (Å²) in [7, 11) is 0. The molecule has 3 aromatic heterocycles. The predicted molar refractivity (Wildman–Crippen MR) is 148 cm³/mol. The van der Waals surface area contributed by atoms with Crippen LogP contribution in [0, 0.1) is 6.92 Å². The molecule has 0 amide bonds. The van der Waals surface area contributed by atoms with Crippen molar-refractivity contribution in [3.63, 3.8) is 0 Å². The fourth-order valence-electron chi connectivity index (χ4n) is 5.32. The number of aromatic amines is 1. The molecular formula is C28H25F4N7S. The Morgan fingerprint density at radius 3 is 2.67 bits per heavy atom. The van der Waals surface area contributed by atoms with Crippen molar-refractivity contribution in [3.05, 3.63) is 83.3 Å². The Morgan fingerprint density at radius 2 is 2.00 bits per heavy atom. The van der Waals surface area contributed by atoms with Crippen molar-refractivity contribution in [1.29, 1.82) is 0 Å². The van der Waals surface area contributed by atoms with Gasteiger partial charge in [0, 0.05) is 36.1 Å². The molecule has 6 rings (SSSR count). The maximum absolute atomic E-state index is 14.4. The predicted octanol–water partition coefficient (Wildman–Crippen LogP) is 6.44. The molecule has 2 aromatic carbocycles. The van der Waals surface area contributed by atoms with Crippen molar-refractivity contribution in [2.24, 2.45) is 0 Å². The number of rotatable bonds is 6. The number of anilines is 1. The lowest BCUT2D eigenvalue weighted by Gasteiger charge is -2.19. The smallest absolute Gasteiger partial charge is 0.331 e. The van der Waals surface area contributed by atoms with Crippen molar-refractivity contribution in [2.75, 3.05) is 5.32 Å². The van der Waals surface area contributed by atoms with Crippen LogP contribution < -0.4 is 5.32 Å². The van der Waals surface area contributed by atoms with Crippen molar-refractivity contribution in [2.45, 2.75) is 51.6 Å². The molecule has 5 aromatic rings. The number of imidazole rings is 2. The Bertz CT molecular complexity index is 1700. The summed E-state index contributed by atoms with van der Waals surface area (Å²) in [5, 5.41) is 7.62. The summed E-state index contributed by atoms with van der Waals surface area (Å²) in [6.07, 6.45) is 1.27. The molecular weight excluding hydrogens is 542 g/mol. The molecule has 2 N–H and O–H groups in total. The zero-order valence-electron chi connectivity index (χ0n) is 21.6. The highest BCUT2D eigenvalue weighted by Gasteiger charge is 2.37. The van der Waals surface area contributed by atoms with Gasteiger partial charge in [-0.2, -0.15) is 18.3 Å². The number of aromatic nitrogens is 6. The topological polar surface area (TPSA) is 76.3 Å². The molecule has 4 heterocycles. The third-order valence-corrected chi connectivity index (χ3v) is 7.67. The van der Waals surface area contributed by atoms with E-state index >= 15 is 0 Å². The van der Waals surface area contributed by atoms with Gasteiger partial charge < -0.3 is 14.9 Å². The van der Waals surface area contributed by atoms with Gasteiger partial charge in [0.1, 0.15) is 17.2 Å². The van der Waals surface area contributed by atoms with E-state index in [2.05, 4.69) is 25.4 Å². The number of hydrogen-bond donors (Lipinski definition) is 2. The number of fused-ring (bicyclic) bond motifs is 2. The molecule has 0 saturated heterocycles. The Balaban J connectivity index is 1.54. The first-order valence-corrected chi connectivity index (χ1v) is 13.2. The normalized spacial score (nSPS) is 15.9. The quantitative estimate of drug-likeness (QED) is 0.183. The number of benzene rings is 2. The van der Waals surface area contributed by atoms with Crippen LogP contribution in [0.3, 0.4) is 0 Å². The summed E-state index contributed by atoms with van der Waals surface area (Å²) >= 11 is 5.73. The van der Waals surface area contributed by atoms with E-state index in [9.17, 15) is 17.6 Å². The van der Waals surface area contributed by atoms with Crippen LogP contribution in [-0.2, 0) is 25.6 Å². The minimum atomic E-state index is -4.63. The zero-order chi connectivity index (χ0) is 28.2. The van der Waals surface area contributed by atoms with Crippen LogP contribution >= 0.6 is 12.2 Å². The van der Waals surface area contributed by atoms with Gasteiger partial charge in [-0.3, -0.25) is 4.68 Å². The average molecular weight is 568 g/mol. The van der Waals surface area contributed by atoms with Crippen molar-refractivity contribution < 1.29 is 17.6 Å². The van der Waals surface area contributed by atoms with Gasteiger partial charge in [0.05, 0.1) is 29.6 Å². The van der Waals surface area contributed by atoms with Crippen LogP contribution in [0.5, 0.6) is 0 Å². The molecule has 0 saturated carbocycles. The monoisotopic (exact) mass is 567 g/mol. The fourth-order valence-corrected chi connectivity index (χ4v) is 5.63. The van der Waals surface area contributed by atoms with Gasteiger partial charge in [0.2, 0.25) is 5.95 Å². The molecule has 1 unspecified atom stereocenters. The highest BCUT2D eigenvalue weighted by molar-refractivity contribution is 7.80. The molecule has 40 heavy (non-hydrogen) atoms. The van der Waals surface area contributed by atoms with Gasteiger partial charge in [-0.15, -0.1) is 0 Å². The number of H-pyrrole nitrogens is 1. The summed E-state index contributed by atoms with van der Waals surface area (Å²) in [6.45, 7) is 3.94. The van der Waals surface area contributed by atoms with E-state index < -0.39 is 24.0 Å². The van der Waals surface area contributed by atoms with Crippen LogP contribution in [0.15, 0.2) is 55.2 Å². The van der Waals surface area contributed by atoms with E-state index in [1.165, 1.54) is 29.5 Å². The van der Waals surface area contributed by atoms with Gasteiger partial charge in [-0.25, -0.2) is 14.4 Å². The largest absolute Gasteiger partial charge is 0.417 e. The number of nitrogens with one attached hydrogen (secondary N) is 2. The van der Waals surface area contributed by atoms with Crippen LogP contribution in [-0.4, -0.2) is 40.5 Å². The Kier molecular flexibility index (Phi) is 6.44. The third kappa shape index (κ3) is 4.55. The number of aryl methyl sites for hydroxylation is 2. The van der Waals surface area contributed by atoms with E-state index in [4.69, 9.17) is 12.2 Å². The number of thiocarbonyl (C=S) groups is 1. The standard InChI is InChI=1S/C28H25F4N7S/c1-3-16-4-6-17(7-5-16)19-11-21(28(30,31)32)20-13-39(37-23(20)15(19)2)25(26(40)36-27-33-8-9-34-27)24-22-10-18(29)12-38(22)14-35-24/h4-9,11,13-14,18,25H,3,10,12H2,1-2H3,(H2,33,34,36,40)/t18-,25?/m1/s1. The maximum Gasteiger partial charge on any atom is 0.417 e. The van der Waals surface area contributed by atoms with Gasteiger partial charge in [0.15, 0.2) is 0 Å². The van der Waals surface area contributed by atoms with Gasteiger partial charge in [-0.05, 0) is 41.7 Å². The second-order valence-electron chi connectivity index (χ2n) is 9.88. The first kappa shape index (κ1) is 26.2. The van der Waals surface area contributed by atoms with Gasteiger partial charge >= 0.3 is 6.18 Å². The van der Waals surface area contributed by atoms with E-state index in [-0.39, 0.29) is 28.9 Å². The number of hydrogen-bond acceptors (Lipinski definition) is 4. The molecule has 0 fully saturated rings. The van der Waals surface area contributed by atoms with Gasteiger partial charge in [0.25, 0.3) is 0 Å². The summed E-state index contributed by atoms with van der Waals surface area (Å²) in [5.41, 5.74) is 3.28. The highest BCUT2D eigenvalue weighted by atomic mass is 32.1. The lowest BCUT2D eigenvalue weighted by atomic mass is 9.94. The Morgan fingerprint density at radius 1 is 1.23 bits per heavy atom. The van der Waals surface area contributed by atoms with Crippen LogP contribution in [0.4, 0.5) is 23.5 Å². The molecule has 1 aliphatic heterocycles. The third-order valence-electron chi connectivity index (χ3n) is 7.35. The average Bonchev–Trinajstić information content (AvgIpc) is 3.70. The summed E-state index contributed by atoms with van der Waals surface area (Å²) in [5.74, 6) is 0.357. The van der Waals surface area contributed by atoms with Crippen molar-refractivity contribution >= 4 is 34.1 Å². The van der Waals surface area contributed by atoms with Crippen LogP contribution in [0.25, 0.3) is 22.0 Å². The lowest BCUT2D eigenvalue weighted by molar-refractivity contribution is -0.136. The fraction of sp³-hybridized carbons (Fsp3) is 0.286. The molecule has 0 bridgehead atoms.